The van der Waals surface area contributed by atoms with Gasteiger partial charge >= 0.3 is 0 Å². The SMILES string of the molecule is O=c1cc(/C=C/c2cccnc2)nc2sc(-c3cccc(O)c3)nn12. The molecular formula is C18H12N4O2S. The molecule has 4 rings (SSSR count). The van der Waals surface area contributed by atoms with E-state index in [4.69, 9.17) is 0 Å². The fraction of sp³-hybridized carbons (Fsp3) is 0. The van der Waals surface area contributed by atoms with Crippen LogP contribution in [0.2, 0.25) is 0 Å². The number of aromatic nitrogens is 4. The lowest BCUT2D eigenvalue weighted by atomic mass is 10.2. The van der Waals surface area contributed by atoms with E-state index in [0.717, 1.165) is 11.1 Å². The Morgan fingerprint density at radius 1 is 1.12 bits per heavy atom. The number of pyridine rings is 1. The lowest BCUT2D eigenvalue weighted by molar-refractivity contribution is 0.475. The average molecular weight is 348 g/mol. The second kappa shape index (κ2) is 6.29. The molecule has 0 unspecified atom stereocenters. The van der Waals surface area contributed by atoms with E-state index < -0.39 is 0 Å². The van der Waals surface area contributed by atoms with E-state index in [-0.39, 0.29) is 11.3 Å². The van der Waals surface area contributed by atoms with E-state index in [9.17, 15) is 9.90 Å². The van der Waals surface area contributed by atoms with Crippen molar-refractivity contribution in [1.29, 1.82) is 0 Å². The van der Waals surface area contributed by atoms with Gasteiger partial charge in [0, 0.05) is 24.0 Å². The number of rotatable bonds is 3. The summed E-state index contributed by atoms with van der Waals surface area (Å²) < 4.78 is 1.27. The van der Waals surface area contributed by atoms with Gasteiger partial charge in [0.15, 0.2) is 0 Å². The van der Waals surface area contributed by atoms with Gasteiger partial charge in [-0.2, -0.15) is 9.61 Å². The Bertz CT molecular complexity index is 1130. The zero-order valence-corrected chi connectivity index (χ0v) is 13.7. The maximum absolute atomic E-state index is 12.3. The molecule has 0 spiro atoms. The van der Waals surface area contributed by atoms with Crippen molar-refractivity contribution in [2.75, 3.05) is 0 Å². The molecule has 0 fully saturated rings. The van der Waals surface area contributed by atoms with Crippen LogP contribution in [0, 0.1) is 0 Å². The highest BCUT2D eigenvalue weighted by Gasteiger charge is 2.10. The van der Waals surface area contributed by atoms with E-state index in [1.807, 2.05) is 24.3 Å². The van der Waals surface area contributed by atoms with Crippen LogP contribution in [0.15, 0.2) is 59.7 Å². The molecular weight excluding hydrogens is 336 g/mol. The molecule has 1 N–H and O–H groups in total. The van der Waals surface area contributed by atoms with E-state index in [2.05, 4.69) is 15.1 Å². The molecule has 4 aromatic rings. The van der Waals surface area contributed by atoms with Crippen LogP contribution in [0.1, 0.15) is 11.3 Å². The van der Waals surface area contributed by atoms with Gasteiger partial charge in [-0.05, 0) is 29.8 Å². The Morgan fingerprint density at radius 2 is 2.04 bits per heavy atom. The molecule has 3 aromatic heterocycles. The number of hydrogen-bond donors (Lipinski definition) is 1. The van der Waals surface area contributed by atoms with Crippen LogP contribution in [0.25, 0.3) is 27.7 Å². The summed E-state index contributed by atoms with van der Waals surface area (Å²) in [7, 11) is 0. The summed E-state index contributed by atoms with van der Waals surface area (Å²) in [6, 6.07) is 11.9. The summed E-state index contributed by atoms with van der Waals surface area (Å²) in [5.41, 5.74) is 1.97. The maximum atomic E-state index is 12.3. The summed E-state index contributed by atoms with van der Waals surface area (Å²) in [5, 5.41) is 14.5. The second-order valence-electron chi connectivity index (χ2n) is 5.29. The zero-order chi connectivity index (χ0) is 17.2. The highest BCUT2D eigenvalue weighted by atomic mass is 32.1. The summed E-state index contributed by atoms with van der Waals surface area (Å²) in [6.45, 7) is 0. The van der Waals surface area contributed by atoms with Crippen LogP contribution in [-0.4, -0.2) is 24.7 Å². The Hall–Kier alpha value is -3.32. The molecule has 3 heterocycles. The zero-order valence-electron chi connectivity index (χ0n) is 12.9. The summed E-state index contributed by atoms with van der Waals surface area (Å²) >= 11 is 1.29. The van der Waals surface area contributed by atoms with Crippen molar-refractivity contribution in [1.82, 2.24) is 19.6 Å². The number of aromatic hydroxyl groups is 1. The number of nitrogens with zero attached hydrogens (tertiary/aromatic N) is 4. The van der Waals surface area contributed by atoms with Crippen LogP contribution in [0.3, 0.4) is 0 Å². The lowest BCUT2D eigenvalue weighted by Crippen LogP contribution is -2.14. The molecule has 1 aromatic carbocycles. The predicted molar refractivity (Wildman–Crippen MR) is 97.4 cm³/mol. The minimum atomic E-state index is -0.251. The third kappa shape index (κ3) is 3.17. The van der Waals surface area contributed by atoms with Gasteiger partial charge < -0.3 is 5.11 Å². The van der Waals surface area contributed by atoms with E-state index in [1.165, 1.54) is 21.9 Å². The van der Waals surface area contributed by atoms with Gasteiger partial charge in [-0.1, -0.05) is 35.6 Å². The van der Waals surface area contributed by atoms with Crippen molar-refractivity contribution < 1.29 is 5.11 Å². The number of phenolic OH excluding ortho intramolecular Hbond substituents is 1. The first-order chi connectivity index (χ1) is 12.2. The molecule has 0 aliphatic carbocycles. The maximum Gasteiger partial charge on any atom is 0.275 e. The van der Waals surface area contributed by atoms with Crippen LogP contribution in [0.5, 0.6) is 5.75 Å². The van der Waals surface area contributed by atoms with Gasteiger partial charge in [0.2, 0.25) is 4.96 Å². The summed E-state index contributed by atoms with van der Waals surface area (Å²) in [4.78, 5) is 21.3. The fourth-order valence-electron chi connectivity index (χ4n) is 2.32. The monoisotopic (exact) mass is 348 g/mol. The summed E-state index contributed by atoms with van der Waals surface area (Å²) in [6.07, 6.45) is 7.05. The normalized spacial score (nSPS) is 11.4. The van der Waals surface area contributed by atoms with E-state index >= 15 is 0 Å². The Morgan fingerprint density at radius 3 is 2.84 bits per heavy atom. The molecule has 25 heavy (non-hydrogen) atoms. The first-order valence-corrected chi connectivity index (χ1v) is 8.29. The standard InChI is InChI=1S/C18H12N4O2S/c23-15-5-1-4-13(9-15)17-21-22-16(24)10-14(20-18(22)25-17)7-6-12-3-2-8-19-11-12/h1-11,23H/b7-6+. The highest BCUT2D eigenvalue weighted by Crippen LogP contribution is 2.26. The first kappa shape index (κ1) is 15.2. The van der Waals surface area contributed by atoms with Crippen molar-refractivity contribution in [3.05, 3.63) is 76.5 Å². The molecule has 0 saturated carbocycles. The van der Waals surface area contributed by atoms with Crippen LogP contribution < -0.4 is 5.56 Å². The van der Waals surface area contributed by atoms with Crippen LogP contribution in [0.4, 0.5) is 0 Å². The molecule has 0 aliphatic heterocycles. The van der Waals surface area contributed by atoms with Crippen molar-refractivity contribution in [2.45, 2.75) is 0 Å². The minimum absolute atomic E-state index is 0.150. The largest absolute Gasteiger partial charge is 0.508 e. The van der Waals surface area contributed by atoms with Crippen molar-refractivity contribution >= 4 is 28.4 Å². The van der Waals surface area contributed by atoms with Gasteiger partial charge in [-0.15, -0.1) is 0 Å². The van der Waals surface area contributed by atoms with Crippen molar-refractivity contribution in [3.8, 4) is 16.3 Å². The molecule has 0 aliphatic rings. The average Bonchev–Trinajstić information content (AvgIpc) is 3.06. The van der Waals surface area contributed by atoms with E-state index in [1.54, 1.807) is 36.7 Å². The Balaban J connectivity index is 1.75. The van der Waals surface area contributed by atoms with Gasteiger partial charge in [0.25, 0.3) is 5.56 Å². The number of benzene rings is 1. The number of phenols is 1. The quantitative estimate of drug-likeness (QED) is 0.615. The molecule has 0 radical (unpaired) electrons. The molecule has 0 amide bonds. The topological polar surface area (TPSA) is 80.4 Å². The van der Waals surface area contributed by atoms with Gasteiger partial charge in [0.1, 0.15) is 10.8 Å². The number of hydrogen-bond acceptors (Lipinski definition) is 6. The third-order valence-corrected chi connectivity index (χ3v) is 4.45. The van der Waals surface area contributed by atoms with E-state index in [0.29, 0.717) is 15.7 Å². The molecule has 122 valence electrons. The van der Waals surface area contributed by atoms with Crippen LogP contribution in [-0.2, 0) is 0 Å². The molecule has 0 bridgehead atoms. The molecule has 0 saturated heterocycles. The predicted octanol–water partition coefficient (Wildman–Crippen LogP) is 3.09. The van der Waals surface area contributed by atoms with Crippen LogP contribution >= 0.6 is 11.3 Å². The second-order valence-corrected chi connectivity index (χ2v) is 6.25. The van der Waals surface area contributed by atoms with Gasteiger partial charge in [0.05, 0.1) is 5.69 Å². The van der Waals surface area contributed by atoms with Crippen molar-refractivity contribution in [2.24, 2.45) is 0 Å². The molecule has 6 nitrogen and oxygen atoms in total. The Kier molecular flexibility index (Phi) is 3.83. The molecule has 7 heteroatoms. The van der Waals surface area contributed by atoms with Crippen molar-refractivity contribution in [3.63, 3.8) is 0 Å². The van der Waals surface area contributed by atoms with Gasteiger partial charge in [-0.3, -0.25) is 9.78 Å². The Labute approximate surface area is 146 Å². The smallest absolute Gasteiger partial charge is 0.275 e. The highest BCUT2D eigenvalue weighted by molar-refractivity contribution is 7.19. The first-order valence-electron chi connectivity index (χ1n) is 7.47. The number of fused-ring (bicyclic) bond motifs is 1. The fourth-order valence-corrected chi connectivity index (χ4v) is 3.23. The van der Waals surface area contributed by atoms with Gasteiger partial charge in [-0.25, -0.2) is 4.98 Å². The third-order valence-electron chi connectivity index (χ3n) is 3.49. The minimum Gasteiger partial charge on any atom is -0.508 e. The summed E-state index contributed by atoms with van der Waals surface area (Å²) in [5.74, 6) is 0.150. The lowest BCUT2D eigenvalue weighted by Gasteiger charge is -1.95. The molecule has 0 atom stereocenters.